The van der Waals surface area contributed by atoms with Crippen LogP contribution in [-0.2, 0) is 27.3 Å². The van der Waals surface area contributed by atoms with Crippen molar-refractivity contribution in [3.05, 3.63) is 64.7 Å². The maximum absolute atomic E-state index is 12.5. The average molecular weight is 479 g/mol. The Morgan fingerprint density at radius 1 is 1.00 bits per heavy atom. The highest BCUT2D eigenvalue weighted by atomic mass is 16.5. The summed E-state index contributed by atoms with van der Waals surface area (Å²) in [6.07, 6.45) is 3.71. The molecule has 0 spiro atoms. The minimum Gasteiger partial charge on any atom is -0.493 e. The number of carbonyl (C=O) groups is 2. The predicted molar refractivity (Wildman–Crippen MR) is 134 cm³/mol. The Morgan fingerprint density at radius 3 is 2.34 bits per heavy atom. The number of carbonyl (C=O) groups excluding carboxylic acids is 2. The first-order valence-corrected chi connectivity index (χ1v) is 12.2. The number of fused-ring (bicyclic) bond motifs is 1. The van der Waals surface area contributed by atoms with Crippen molar-refractivity contribution >= 4 is 17.6 Å². The van der Waals surface area contributed by atoms with E-state index < -0.39 is 11.9 Å². The fraction of sp³-hybridized carbons (Fsp3) is 0.429. The minimum absolute atomic E-state index is 0.0277. The van der Waals surface area contributed by atoms with Gasteiger partial charge in [0.05, 0.1) is 20.6 Å². The predicted octanol–water partition coefficient (Wildman–Crippen LogP) is 4.08. The Morgan fingerprint density at radius 2 is 1.69 bits per heavy atom. The lowest BCUT2D eigenvalue weighted by molar-refractivity contribution is -0.138. The number of primary amides is 1. The Balaban J connectivity index is 1.47. The number of hydrogen-bond acceptors (Lipinski definition) is 6. The third kappa shape index (κ3) is 6.22. The van der Waals surface area contributed by atoms with Gasteiger partial charge in [0, 0.05) is 18.5 Å². The van der Waals surface area contributed by atoms with E-state index in [1.807, 2.05) is 18.2 Å². The van der Waals surface area contributed by atoms with Crippen LogP contribution in [0.15, 0.2) is 48.0 Å². The molecule has 1 heterocycles. The number of nitrogens with zero attached hydrogens (tertiary/aromatic N) is 1. The van der Waals surface area contributed by atoms with Crippen LogP contribution in [0.2, 0.25) is 0 Å². The molecule has 2 N–H and O–H groups in total. The van der Waals surface area contributed by atoms with Crippen molar-refractivity contribution in [2.75, 3.05) is 27.3 Å². The van der Waals surface area contributed by atoms with Crippen molar-refractivity contribution in [3.63, 3.8) is 0 Å². The quantitative estimate of drug-likeness (QED) is 0.518. The second-order valence-electron chi connectivity index (χ2n) is 9.32. The molecular weight excluding hydrogens is 444 g/mol. The highest BCUT2D eigenvalue weighted by Gasteiger charge is 2.30. The molecule has 1 fully saturated rings. The van der Waals surface area contributed by atoms with Crippen LogP contribution in [0.1, 0.15) is 48.8 Å². The van der Waals surface area contributed by atoms with Gasteiger partial charge in [-0.3, -0.25) is 14.5 Å². The van der Waals surface area contributed by atoms with E-state index in [1.165, 1.54) is 5.56 Å². The minimum atomic E-state index is -0.517. The summed E-state index contributed by atoms with van der Waals surface area (Å²) in [5.41, 5.74) is 9.57. The van der Waals surface area contributed by atoms with Crippen LogP contribution in [0.4, 0.5) is 0 Å². The number of benzene rings is 2. The van der Waals surface area contributed by atoms with Crippen LogP contribution in [-0.4, -0.2) is 44.1 Å². The number of rotatable bonds is 10. The van der Waals surface area contributed by atoms with E-state index in [0.29, 0.717) is 29.6 Å². The van der Waals surface area contributed by atoms with Crippen molar-refractivity contribution in [1.29, 1.82) is 0 Å². The number of allylic oxidation sites excluding steroid dienone is 1. The lowest BCUT2D eigenvalue weighted by atomic mass is 9.89. The van der Waals surface area contributed by atoms with E-state index in [9.17, 15) is 9.59 Å². The van der Waals surface area contributed by atoms with E-state index >= 15 is 0 Å². The Labute approximate surface area is 206 Å². The Hall–Kier alpha value is -3.32. The second-order valence-corrected chi connectivity index (χ2v) is 9.32. The third-order valence-electron chi connectivity index (χ3n) is 6.86. The van der Waals surface area contributed by atoms with E-state index in [1.54, 1.807) is 14.2 Å². The summed E-state index contributed by atoms with van der Waals surface area (Å²) in [5.74, 6) is 1.40. The first-order valence-electron chi connectivity index (χ1n) is 12.2. The fourth-order valence-corrected chi connectivity index (χ4v) is 5.00. The monoisotopic (exact) mass is 478 g/mol. The zero-order valence-corrected chi connectivity index (χ0v) is 20.5. The molecule has 0 saturated carbocycles. The SMILES string of the molecule is COc1cc2c(cc1OC)C(OC(=O)CCC(N)=O)=C(CC1CCN(Cc3ccccc3)CC1)C2. The van der Waals surface area contributed by atoms with Crippen LogP contribution >= 0.6 is 0 Å². The second kappa shape index (κ2) is 11.4. The lowest BCUT2D eigenvalue weighted by Crippen LogP contribution is -2.33. The molecule has 1 aliphatic carbocycles. The van der Waals surface area contributed by atoms with Crippen molar-refractivity contribution < 1.29 is 23.8 Å². The van der Waals surface area contributed by atoms with E-state index in [0.717, 1.165) is 55.6 Å². The molecule has 2 aromatic carbocycles. The van der Waals surface area contributed by atoms with E-state index in [-0.39, 0.29) is 12.8 Å². The molecule has 0 unspecified atom stereocenters. The smallest absolute Gasteiger partial charge is 0.311 e. The van der Waals surface area contributed by atoms with Gasteiger partial charge in [-0.1, -0.05) is 30.3 Å². The van der Waals surface area contributed by atoms with Gasteiger partial charge >= 0.3 is 5.97 Å². The van der Waals surface area contributed by atoms with Crippen molar-refractivity contribution in [3.8, 4) is 11.5 Å². The molecule has 0 aromatic heterocycles. The summed E-state index contributed by atoms with van der Waals surface area (Å²) in [4.78, 5) is 26.2. The summed E-state index contributed by atoms with van der Waals surface area (Å²) in [6, 6.07) is 14.4. The topological polar surface area (TPSA) is 91.1 Å². The maximum Gasteiger partial charge on any atom is 0.311 e. The van der Waals surface area contributed by atoms with Gasteiger partial charge in [-0.05, 0) is 73.5 Å². The molecule has 0 bridgehead atoms. The number of hydrogen-bond donors (Lipinski definition) is 1. The fourth-order valence-electron chi connectivity index (χ4n) is 5.00. The summed E-state index contributed by atoms with van der Waals surface area (Å²) in [7, 11) is 3.20. The molecule has 1 amide bonds. The molecule has 4 rings (SSSR count). The largest absolute Gasteiger partial charge is 0.493 e. The van der Waals surface area contributed by atoms with E-state index in [4.69, 9.17) is 19.9 Å². The van der Waals surface area contributed by atoms with Gasteiger partial charge in [0.25, 0.3) is 0 Å². The number of ether oxygens (including phenoxy) is 3. The molecule has 35 heavy (non-hydrogen) atoms. The zero-order valence-electron chi connectivity index (χ0n) is 20.5. The van der Waals surface area contributed by atoms with Gasteiger partial charge in [0.15, 0.2) is 11.5 Å². The summed E-state index contributed by atoms with van der Waals surface area (Å²) >= 11 is 0. The van der Waals surface area contributed by atoms with Gasteiger partial charge in [0.2, 0.25) is 5.91 Å². The summed E-state index contributed by atoms with van der Waals surface area (Å²) in [5, 5.41) is 0. The molecule has 2 aliphatic rings. The normalized spacial score (nSPS) is 16.2. The highest BCUT2D eigenvalue weighted by molar-refractivity contribution is 5.86. The van der Waals surface area contributed by atoms with Gasteiger partial charge in [0.1, 0.15) is 5.76 Å². The maximum atomic E-state index is 12.5. The number of amides is 1. The van der Waals surface area contributed by atoms with Gasteiger partial charge in [-0.25, -0.2) is 0 Å². The molecule has 7 nitrogen and oxygen atoms in total. The van der Waals surface area contributed by atoms with Crippen molar-refractivity contribution in [2.45, 2.75) is 45.1 Å². The van der Waals surface area contributed by atoms with Gasteiger partial charge < -0.3 is 19.9 Å². The van der Waals surface area contributed by atoms with Crippen LogP contribution in [0.25, 0.3) is 5.76 Å². The Kier molecular flexibility index (Phi) is 8.08. The molecular formula is C28H34N2O5. The highest BCUT2D eigenvalue weighted by Crippen LogP contribution is 2.43. The number of piperidine rings is 1. The number of esters is 1. The zero-order chi connectivity index (χ0) is 24.8. The first-order chi connectivity index (χ1) is 17.0. The van der Waals surface area contributed by atoms with Crippen LogP contribution < -0.4 is 15.2 Å². The average Bonchev–Trinajstić information content (AvgIpc) is 3.19. The molecule has 0 radical (unpaired) electrons. The first kappa shape index (κ1) is 24.8. The van der Waals surface area contributed by atoms with E-state index in [2.05, 4.69) is 29.2 Å². The number of methoxy groups -OCH3 is 2. The van der Waals surface area contributed by atoms with Crippen LogP contribution in [0.3, 0.4) is 0 Å². The van der Waals surface area contributed by atoms with Crippen LogP contribution in [0.5, 0.6) is 11.5 Å². The Bertz CT molecular complexity index is 1090. The van der Waals surface area contributed by atoms with Crippen molar-refractivity contribution in [2.24, 2.45) is 11.7 Å². The third-order valence-corrected chi connectivity index (χ3v) is 6.86. The van der Waals surface area contributed by atoms with Crippen LogP contribution in [0, 0.1) is 5.92 Å². The summed E-state index contributed by atoms with van der Waals surface area (Å²) in [6.45, 7) is 3.08. The molecule has 2 aromatic rings. The molecule has 1 saturated heterocycles. The molecule has 186 valence electrons. The lowest BCUT2D eigenvalue weighted by Gasteiger charge is -2.32. The van der Waals surface area contributed by atoms with Gasteiger partial charge in [-0.2, -0.15) is 0 Å². The molecule has 1 aliphatic heterocycles. The van der Waals surface area contributed by atoms with Gasteiger partial charge in [-0.15, -0.1) is 0 Å². The summed E-state index contributed by atoms with van der Waals surface area (Å²) < 4.78 is 16.8. The van der Waals surface area contributed by atoms with Crippen molar-refractivity contribution in [1.82, 2.24) is 4.90 Å². The molecule has 7 heteroatoms. The standard InChI is InChI=1S/C28H34N2O5/c1-33-24-16-21-15-22(14-19-10-12-30(13-11-19)18-20-6-4-3-5-7-20)28(23(21)17-25(24)34-2)35-27(32)9-8-26(29)31/h3-7,16-17,19H,8-15,18H2,1-2H3,(H2,29,31). The number of nitrogens with two attached hydrogens (primary N) is 1. The molecule has 0 atom stereocenters. The number of likely N-dealkylation sites (tertiary alicyclic amines) is 1.